The molecule has 0 unspecified atom stereocenters. The second-order valence-corrected chi connectivity index (χ2v) is 4.29. The van der Waals surface area contributed by atoms with E-state index in [9.17, 15) is 4.39 Å². The number of fused-ring (bicyclic) bond motifs is 1. The van der Waals surface area contributed by atoms with Crippen LogP contribution in [0.5, 0.6) is 0 Å². The third-order valence-electron chi connectivity index (χ3n) is 2.94. The minimum atomic E-state index is -0.134. The number of nitrogens with one attached hydrogen (secondary N) is 1. The van der Waals surface area contributed by atoms with Crippen LogP contribution in [-0.4, -0.2) is 17.7 Å². The molecule has 0 saturated heterocycles. The molecule has 0 amide bonds. The van der Waals surface area contributed by atoms with E-state index in [1.807, 2.05) is 18.3 Å². The number of hydrogen-bond donors (Lipinski definition) is 1. The highest BCUT2D eigenvalue weighted by atomic mass is 19.1. The molecular formula is C14H19FN2. The van der Waals surface area contributed by atoms with E-state index in [4.69, 9.17) is 0 Å². The third-order valence-corrected chi connectivity index (χ3v) is 2.94. The van der Waals surface area contributed by atoms with Crippen LogP contribution in [0.15, 0.2) is 30.5 Å². The standard InChI is InChI=1S/C14H19FN2/c1-2-8-16-9-4-10-17-11-7-12-13(15)5-3-6-14(12)17/h3,5-7,11,16H,2,4,8-10H2,1H3. The molecule has 0 aliphatic rings. The largest absolute Gasteiger partial charge is 0.347 e. The van der Waals surface area contributed by atoms with Crippen molar-refractivity contribution >= 4 is 10.9 Å². The van der Waals surface area contributed by atoms with E-state index in [1.54, 1.807) is 6.07 Å². The maximum absolute atomic E-state index is 13.5. The first kappa shape index (κ1) is 12.1. The minimum Gasteiger partial charge on any atom is -0.347 e. The molecular weight excluding hydrogens is 215 g/mol. The Hall–Kier alpha value is -1.35. The van der Waals surface area contributed by atoms with Crippen molar-refractivity contribution in [2.75, 3.05) is 13.1 Å². The van der Waals surface area contributed by atoms with Gasteiger partial charge >= 0.3 is 0 Å². The Morgan fingerprint density at radius 2 is 2.12 bits per heavy atom. The maximum atomic E-state index is 13.5. The molecule has 0 radical (unpaired) electrons. The average molecular weight is 234 g/mol. The zero-order valence-corrected chi connectivity index (χ0v) is 10.2. The summed E-state index contributed by atoms with van der Waals surface area (Å²) in [6.07, 6.45) is 4.20. The molecule has 0 atom stereocenters. The van der Waals surface area contributed by atoms with Crippen molar-refractivity contribution in [2.45, 2.75) is 26.3 Å². The molecule has 1 aromatic carbocycles. The van der Waals surface area contributed by atoms with E-state index in [-0.39, 0.29) is 5.82 Å². The highest BCUT2D eigenvalue weighted by molar-refractivity contribution is 5.80. The molecule has 0 aliphatic heterocycles. The first-order chi connectivity index (χ1) is 8.33. The number of aryl methyl sites for hydroxylation is 1. The summed E-state index contributed by atoms with van der Waals surface area (Å²) in [6, 6.07) is 7.10. The number of rotatable bonds is 6. The topological polar surface area (TPSA) is 17.0 Å². The Morgan fingerprint density at radius 3 is 2.94 bits per heavy atom. The van der Waals surface area contributed by atoms with E-state index >= 15 is 0 Å². The summed E-state index contributed by atoms with van der Waals surface area (Å²) >= 11 is 0. The van der Waals surface area contributed by atoms with Crippen LogP contribution in [0.2, 0.25) is 0 Å². The van der Waals surface area contributed by atoms with E-state index < -0.39 is 0 Å². The lowest BCUT2D eigenvalue weighted by Gasteiger charge is -2.06. The molecule has 3 heteroatoms. The van der Waals surface area contributed by atoms with Crippen LogP contribution in [0.3, 0.4) is 0 Å². The van der Waals surface area contributed by atoms with Gasteiger partial charge in [-0.25, -0.2) is 4.39 Å². The fourth-order valence-electron chi connectivity index (χ4n) is 2.06. The van der Waals surface area contributed by atoms with Gasteiger partial charge in [0.05, 0.1) is 5.52 Å². The van der Waals surface area contributed by atoms with Crippen molar-refractivity contribution in [3.8, 4) is 0 Å². The van der Waals surface area contributed by atoms with Crippen LogP contribution >= 0.6 is 0 Å². The van der Waals surface area contributed by atoms with Gasteiger partial charge in [-0.05, 0) is 44.1 Å². The maximum Gasteiger partial charge on any atom is 0.132 e. The van der Waals surface area contributed by atoms with Crippen LogP contribution in [0, 0.1) is 5.82 Å². The molecule has 0 aliphatic carbocycles. The van der Waals surface area contributed by atoms with Crippen molar-refractivity contribution in [3.63, 3.8) is 0 Å². The van der Waals surface area contributed by atoms with Crippen molar-refractivity contribution in [1.82, 2.24) is 9.88 Å². The van der Waals surface area contributed by atoms with Crippen molar-refractivity contribution < 1.29 is 4.39 Å². The molecule has 2 aromatic rings. The van der Waals surface area contributed by atoms with Gasteiger partial charge in [-0.3, -0.25) is 0 Å². The van der Waals surface area contributed by atoms with E-state index in [0.29, 0.717) is 5.39 Å². The number of nitrogens with zero attached hydrogens (tertiary/aromatic N) is 1. The SMILES string of the molecule is CCCNCCCn1ccc2c(F)cccc21. The molecule has 0 fully saturated rings. The van der Waals surface area contributed by atoms with Crippen LogP contribution in [0.25, 0.3) is 10.9 Å². The van der Waals surface area contributed by atoms with Crippen molar-refractivity contribution in [1.29, 1.82) is 0 Å². The molecule has 0 saturated carbocycles. The molecule has 1 heterocycles. The summed E-state index contributed by atoms with van der Waals surface area (Å²) in [5.41, 5.74) is 0.987. The van der Waals surface area contributed by atoms with Gasteiger partial charge in [0.2, 0.25) is 0 Å². The number of aromatic nitrogens is 1. The molecule has 0 bridgehead atoms. The predicted molar refractivity (Wildman–Crippen MR) is 69.7 cm³/mol. The van der Waals surface area contributed by atoms with Gasteiger partial charge in [-0.15, -0.1) is 0 Å². The zero-order chi connectivity index (χ0) is 12.1. The summed E-state index contributed by atoms with van der Waals surface area (Å²) in [4.78, 5) is 0. The lowest BCUT2D eigenvalue weighted by molar-refractivity contribution is 0.587. The Morgan fingerprint density at radius 1 is 1.24 bits per heavy atom. The van der Waals surface area contributed by atoms with E-state index in [1.165, 1.54) is 6.07 Å². The molecule has 1 aromatic heterocycles. The van der Waals surface area contributed by atoms with Gasteiger partial charge < -0.3 is 9.88 Å². The highest BCUT2D eigenvalue weighted by Crippen LogP contribution is 2.18. The molecule has 92 valence electrons. The summed E-state index contributed by atoms with van der Waals surface area (Å²) in [5, 5.41) is 4.09. The molecule has 1 N–H and O–H groups in total. The van der Waals surface area contributed by atoms with Crippen molar-refractivity contribution in [2.24, 2.45) is 0 Å². The van der Waals surface area contributed by atoms with Crippen LogP contribution < -0.4 is 5.32 Å². The lowest BCUT2D eigenvalue weighted by atomic mass is 10.2. The Labute approximate surface area is 101 Å². The summed E-state index contributed by atoms with van der Waals surface area (Å²) < 4.78 is 15.6. The minimum absolute atomic E-state index is 0.134. The molecule has 17 heavy (non-hydrogen) atoms. The molecule has 0 spiro atoms. The first-order valence-corrected chi connectivity index (χ1v) is 6.27. The number of halogens is 1. The second-order valence-electron chi connectivity index (χ2n) is 4.29. The fraction of sp³-hybridized carbons (Fsp3) is 0.429. The molecule has 2 rings (SSSR count). The summed E-state index contributed by atoms with van der Waals surface area (Å²) in [6.45, 7) is 5.18. The van der Waals surface area contributed by atoms with Crippen LogP contribution in [0.1, 0.15) is 19.8 Å². The van der Waals surface area contributed by atoms with E-state index in [0.717, 1.165) is 38.0 Å². The van der Waals surface area contributed by atoms with Gasteiger partial charge in [-0.2, -0.15) is 0 Å². The Kier molecular flexibility index (Phi) is 4.15. The normalized spacial score (nSPS) is 11.2. The predicted octanol–water partition coefficient (Wildman–Crippen LogP) is 3.17. The van der Waals surface area contributed by atoms with Gasteiger partial charge in [0.15, 0.2) is 0 Å². The summed E-state index contributed by atoms with van der Waals surface area (Å²) in [5.74, 6) is -0.134. The Balaban J connectivity index is 1.97. The van der Waals surface area contributed by atoms with Gasteiger partial charge in [0.25, 0.3) is 0 Å². The number of hydrogen-bond acceptors (Lipinski definition) is 1. The Bertz CT molecular complexity index is 476. The smallest absolute Gasteiger partial charge is 0.132 e. The van der Waals surface area contributed by atoms with E-state index in [2.05, 4.69) is 16.8 Å². The lowest BCUT2D eigenvalue weighted by Crippen LogP contribution is -2.17. The van der Waals surface area contributed by atoms with Crippen LogP contribution in [0.4, 0.5) is 4.39 Å². The van der Waals surface area contributed by atoms with Crippen LogP contribution in [-0.2, 0) is 6.54 Å². The number of benzene rings is 1. The monoisotopic (exact) mass is 234 g/mol. The second kappa shape index (κ2) is 5.82. The van der Waals surface area contributed by atoms with Crippen molar-refractivity contribution in [3.05, 3.63) is 36.3 Å². The third kappa shape index (κ3) is 2.86. The highest BCUT2D eigenvalue weighted by Gasteiger charge is 2.04. The van der Waals surface area contributed by atoms with Gasteiger partial charge in [-0.1, -0.05) is 13.0 Å². The van der Waals surface area contributed by atoms with Gasteiger partial charge in [0.1, 0.15) is 5.82 Å². The quantitative estimate of drug-likeness (QED) is 0.760. The first-order valence-electron chi connectivity index (χ1n) is 6.27. The zero-order valence-electron chi connectivity index (χ0n) is 10.2. The summed E-state index contributed by atoms with van der Waals surface area (Å²) in [7, 11) is 0. The molecule has 2 nitrogen and oxygen atoms in total. The van der Waals surface area contributed by atoms with Gasteiger partial charge in [0, 0.05) is 18.1 Å². The fourth-order valence-corrected chi connectivity index (χ4v) is 2.06. The average Bonchev–Trinajstić information content (AvgIpc) is 2.74.